The van der Waals surface area contributed by atoms with E-state index in [0.717, 1.165) is 124 Å². The van der Waals surface area contributed by atoms with E-state index in [9.17, 15) is 0 Å². The van der Waals surface area contributed by atoms with Gasteiger partial charge >= 0.3 is 0 Å². The van der Waals surface area contributed by atoms with Crippen molar-refractivity contribution in [3.05, 3.63) is 442 Å². The third kappa shape index (κ3) is 8.77. The fraction of sp³-hybridized carbons (Fsp3) is 0.0392. The smallest absolute Gasteiger partial charge is 0.160 e. The topological polar surface area (TPSA) is 70.0 Å². The lowest BCUT2D eigenvalue weighted by molar-refractivity contribution is 0.436. The van der Waals surface area contributed by atoms with Gasteiger partial charge in [0, 0.05) is 67.5 Å². The van der Waals surface area contributed by atoms with Gasteiger partial charge in [-0.05, 0) is 173 Å². The lowest BCUT2D eigenvalue weighted by Crippen LogP contribution is -2.32. The van der Waals surface area contributed by atoms with Crippen LogP contribution in [0.5, 0.6) is 23.0 Å². The maximum absolute atomic E-state index is 6.85. The van der Waals surface area contributed by atoms with Gasteiger partial charge in [0.2, 0.25) is 0 Å². The van der Waals surface area contributed by atoms with Crippen molar-refractivity contribution in [2.45, 2.75) is 22.7 Å². The van der Waals surface area contributed by atoms with Crippen LogP contribution < -0.4 is 9.47 Å². The molecule has 108 heavy (non-hydrogen) atoms. The van der Waals surface area contributed by atoms with Crippen molar-refractivity contribution >= 4 is 0 Å². The van der Waals surface area contributed by atoms with E-state index < -0.39 is 10.8 Å². The third-order valence-corrected chi connectivity index (χ3v) is 23.8. The molecule has 0 N–H and O–H groups in total. The molecule has 17 aromatic rings. The maximum atomic E-state index is 6.85. The minimum Gasteiger partial charge on any atom is -0.457 e. The molecule has 15 aromatic carbocycles. The molecule has 502 valence electrons. The van der Waals surface area contributed by atoms with Crippen molar-refractivity contribution < 1.29 is 9.47 Å². The normalized spacial score (nSPS) is 15.1. The van der Waals surface area contributed by atoms with E-state index >= 15 is 0 Å². The van der Waals surface area contributed by atoms with Gasteiger partial charge in [-0.2, -0.15) is 0 Å². The average Bonchev–Trinajstić information content (AvgIpc) is 1.59. The highest BCUT2D eigenvalue weighted by atomic mass is 16.5. The Morgan fingerprint density at radius 1 is 0.185 bits per heavy atom. The number of benzene rings is 15. The van der Waals surface area contributed by atoms with Crippen molar-refractivity contribution in [3.63, 3.8) is 0 Å². The summed E-state index contributed by atoms with van der Waals surface area (Å²) in [6.07, 6.45) is 0. The number of aromatic nitrogens is 4. The van der Waals surface area contributed by atoms with E-state index in [2.05, 4.69) is 364 Å². The van der Waals surface area contributed by atoms with Crippen LogP contribution in [0.25, 0.3) is 112 Å². The number of fused-ring (bicyclic) bond motifs is 18. The molecule has 0 fully saturated rings. The third-order valence-electron chi connectivity index (χ3n) is 23.8. The standard InChI is InChI=1S/C102H62N4O2/c1-3-23-61(24-4-1)89-59-91(67-29-21-27-63(53-67)65-47-51-95-87(57-65)101(85-41-17-19-43-93(85)107-95)81-37-13-9-31-71(81)72-32-10-14-38-82(72)101)105-99(103-89)69-45-49-77-79(55-69)97-75-35-7-8-36-76(75)98(77)80-56-70(46-50-78(80)97)100-104-90(62-25-5-2-6-26-62)60-92(106-100)68-30-22-28-64(54-68)66-48-52-96-88(58-66)102(86-42-18-20-44-94(86)108-96)83-39-15-11-33-73(83)74-34-12-16-40-84(74)102/h1-60,97-98H/t97-,98?/m1/s1. The summed E-state index contributed by atoms with van der Waals surface area (Å²) < 4.78 is 13.7. The summed E-state index contributed by atoms with van der Waals surface area (Å²) in [5.74, 6) is 4.75. The fourth-order valence-electron chi connectivity index (χ4n) is 19.2. The first-order valence-corrected chi connectivity index (χ1v) is 37.2. The molecule has 6 heteroatoms. The van der Waals surface area contributed by atoms with Crippen LogP contribution in [0.3, 0.4) is 0 Å². The van der Waals surface area contributed by atoms with Gasteiger partial charge in [0.05, 0.1) is 33.6 Å². The number of nitrogens with zero attached hydrogens (tertiary/aromatic N) is 4. The second kappa shape index (κ2) is 23.3. The van der Waals surface area contributed by atoms with E-state index in [1.807, 2.05) is 0 Å². The Balaban J connectivity index is 0.610. The van der Waals surface area contributed by atoms with Crippen molar-refractivity contribution in [1.29, 1.82) is 0 Å². The number of hydrogen-bond donors (Lipinski definition) is 0. The second-order valence-corrected chi connectivity index (χ2v) is 29.3. The van der Waals surface area contributed by atoms with Gasteiger partial charge in [-0.1, -0.05) is 291 Å². The van der Waals surface area contributed by atoms with Gasteiger partial charge in [-0.25, -0.2) is 19.9 Å². The summed E-state index contributed by atoms with van der Waals surface area (Å²) in [4.78, 5) is 22.0. The molecular weight excluding hydrogens is 1310 g/mol. The lowest BCUT2D eigenvalue weighted by atomic mass is 9.61. The summed E-state index contributed by atoms with van der Waals surface area (Å²) in [6, 6.07) is 132. The molecule has 0 radical (unpaired) electrons. The molecule has 0 amide bonds. The van der Waals surface area contributed by atoms with Gasteiger partial charge in [-0.3, -0.25) is 0 Å². The highest BCUT2D eigenvalue weighted by Crippen LogP contribution is 2.65. The Kier molecular flexibility index (Phi) is 13.0. The van der Waals surface area contributed by atoms with Gasteiger partial charge < -0.3 is 9.47 Å². The van der Waals surface area contributed by atoms with Crippen LogP contribution in [0, 0.1) is 0 Å². The van der Waals surface area contributed by atoms with Gasteiger partial charge in [-0.15, -0.1) is 0 Å². The zero-order valence-electron chi connectivity index (χ0n) is 58.4. The Morgan fingerprint density at radius 2 is 0.481 bits per heavy atom. The van der Waals surface area contributed by atoms with Crippen LogP contribution in [0.1, 0.15) is 89.7 Å². The zero-order valence-corrected chi connectivity index (χ0v) is 58.4. The van der Waals surface area contributed by atoms with Crippen molar-refractivity contribution in [1.82, 2.24) is 19.9 Å². The SMILES string of the molecule is c1ccc(-c2cc(-c3cccc(-c4ccc5c(c4)C4(c6ccccc6O5)c5ccccc5-c5ccccc54)c3)nc(-c3ccc4c(c3)C3c5ccccc5[C@H]4c4cc(-c5nc(-c6ccccc6)cc(-c6cccc(-c7ccc8c(c7)C7(c9ccccc9O8)c8ccccc8-c8ccccc87)c6)n5)ccc43)n2)cc1. The van der Waals surface area contributed by atoms with Crippen molar-refractivity contribution in [2.75, 3.05) is 0 Å². The molecular formula is C102H62N4O2. The molecule has 7 aliphatic rings. The molecule has 2 aliphatic heterocycles. The molecule has 5 aliphatic carbocycles. The van der Waals surface area contributed by atoms with Crippen LogP contribution in [0.15, 0.2) is 364 Å². The molecule has 0 saturated carbocycles. The van der Waals surface area contributed by atoms with Crippen LogP contribution in [0.2, 0.25) is 0 Å². The second-order valence-electron chi connectivity index (χ2n) is 29.3. The first kappa shape index (κ1) is 60.5. The fourth-order valence-corrected chi connectivity index (χ4v) is 19.2. The Morgan fingerprint density at radius 3 is 0.889 bits per heavy atom. The van der Waals surface area contributed by atoms with Crippen molar-refractivity contribution in [2.24, 2.45) is 0 Å². The summed E-state index contributed by atoms with van der Waals surface area (Å²) in [7, 11) is 0. The minimum absolute atomic E-state index is 0.0349. The van der Waals surface area contributed by atoms with Crippen LogP contribution in [-0.2, 0) is 10.8 Å². The molecule has 2 aromatic heterocycles. The number of rotatable bonds is 8. The molecule has 2 atom stereocenters. The van der Waals surface area contributed by atoms with Gasteiger partial charge in [0.15, 0.2) is 11.6 Å². The first-order chi connectivity index (χ1) is 53.5. The van der Waals surface area contributed by atoms with E-state index in [-0.39, 0.29) is 11.8 Å². The van der Waals surface area contributed by atoms with Crippen LogP contribution >= 0.6 is 0 Å². The Hall–Kier alpha value is -13.9. The van der Waals surface area contributed by atoms with E-state index in [0.29, 0.717) is 11.6 Å². The Labute approximate surface area is 625 Å². The minimum atomic E-state index is -0.579. The quantitative estimate of drug-likeness (QED) is 0.151. The molecule has 24 rings (SSSR count). The van der Waals surface area contributed by atoms with E-state index in [1.165, 1.54) is 77.9 Å². The van der Waals surface area contributed by atoms with Crippen LogP contribution in [0.4, 0.5) is 0 Å². The van der Waals surface area contributed by atoms with Crippen LogP contribution in [-0.4, -0.2) is 19.9 Å². The molecule has 6 nitrogen and oxygen atoms in total. The summed E-state index contributed by atoms with van der Waals surface area (Å²) in [5, 5.41) is 0. The number of ether oxygens (including phenoxy) is 2. The summed E-state index contributed by atoms with van der Waals surface area (Å²) in [6.45, 7) is 0. The molecule has 0 saturated heterocycles. The monoisotopic (exact) mass is 1370 g/mol. The maximum Gasteiger partial charge on any atom is 0.160 e. The molecule has 1 unspecified atom stereocenters. The molecule has 2 spiro atoms. The lowest BCUT2D eigenvalue weighted by Gasteiger charge is -2.42. The zero-order chi connectivity index (χ0) is 70.8. The molecule has 4 heterocycles. The number of para-hydroxylation sites is 2. The predicted octanol–water partition coefficient (Wildman–Crippen LogP) is 24.5. The largest absolute Gasteiger partial charge is 0.457 e. The first-order valence-electron chi connectivity index (χ1n) is 37.2. The number of hydrogen-bond acceptors (Lipinski definition) is 6. The highest BCUT2D eigenvalue weighted by molar-refractivity contribution is 5.92. The predicted molar refractivity (Wildman–Crippen MR) is 431 cm³/mol. The Bertz CT molecular complexity index is 6180. The summed E-state index contributed by atoms with van der Waals surface area (Å²) >= 11 is 0. The van der Waals surface area contributed by atoms with E-state index in [4.69, 9.17) is 29.4 Å². The molecule has 2 bridgehead atoms. The van der Waals surface area contributed by atoms with Crippen molar-refractivity contribution in [3.8, 4) is 135 Å². The highest BCUT2D eigenvalue weighted by Gasteiger charge is 2.53. The van der Waals surface area contributed by atoms with E-state index in [1.54, 1.807) is 0 Å². The van der Waals surface area contributed by atoms with Gasteiger partial charge in [0.25, 0.3) is 0 Å². The summed E-state index contributed by atoms with van der Waals surface area (Å²) in [5.41, 5.74) is 34.9. The average molecular weight is 1380 g/mol. The van der Waals surface area contributed by atoms with Gasteiger partial charge in [0.1, 0.15) is 23.0 Å².